The number of barbiturate groups is 1. The Balaban J connectivity index is 1.21. The van der Waals surface area contributed by atoms with Gasteiger partial charge in [0, 0.05) is 5.69 Å². The second kappa shape index (κ2) is 12.6. The average molecular weight is 566 g/mol. The molecule has 5 amide bonds. The lowest BCUT2D eigenvalue weighted by molar-refractivity contribution is -0.122. The Hall–Kier alpha value is -5.77. The number of imide groups is 2. The van der Waals surface area contributed by atoms with Crippen molar-refractivity contribution in [1.82, 2.24) is 5.32 Å². The van der Waals surface area contributed by atoms with Crippen molar-refractivity contribution in [3.8, 4) is 11.5 Å². The SMILES string of the molecule is O=C(COc1ccc(/C=C2/C(=O)NC(=O)N(c3ccc(OCc4ccccc4)cc3)C2=O)cc1)Nc1ccc(F)cc1. The highest BCUT2D eigenvalue weighted by molar-refractivity contribution is 6.39. The third-order valence-electron chi connectivity index (χ3n) is 6.13. The van der Waals surface area contributed by atoms with E-state index in [0.29, 0.717) is 29.4 Å². The molecule has 5 rings (SSSR count). The quantitative estimate of drug-likeness (QED) is 0.216. The van der Waals surface area contributed by atoms with Crippen molar-refractivity contribution < 1.29 is 33.0 Å². The van der Waals surface area contributed by atoms with Crippen LogP contribution in [0.1, 0.15) is 11.1 Å². The number of nitrogens with zero attached hydrogens (tertiary/aromatic N) is 1. The van der Waals surface area contributed by atoms with Crippen LogP contribution in [0.15, 0.2) is 109 Å². The summed E-state index contributed by atoms with van der Waals surface area (Å²) in [6.07, 6.45) is 1.36. The first-order valence-electron chi connectivity index (χ1n) is 12.8. The minimum absolute atomic E-state index is 0.230. The molecule has 0 radical (unpaired) electrons. The number of rotatable bonds is 9. The molecule has 210 valence electrons. The van der Waals surface area contributed by atoms with Crippen molar-refractivity contribution in [2.75, 3.05) is 16.8 Å². The Labute approximate surface area is 240 Å². The summed E-state index contributed by atoms with van der Waals surface area (Å²) < 4.78 is 24.2. The van der Waals surface area contributed by atoms with Crippen LogP contribution in [-0.4, -0.2) is 30.4 Å². The standard InChI is InChI=1S/C32H24FN3O6/c33-23-8-10-24(11-9-23)34-29(37)20-42-26-14-6-21(7-15-26)18-28-30(38)35-32(40)36(31(28)39)25-12-16-27(17-13-25)41-19-22-4-2-1-3-5-22/h1-18H,19-20H2,(H,34,37)(H,35,38,40)/b28-18-. The molecule has 0 unspecified atom stereocenters. The lowest BCUT2D eigenvalue weighted by atomic mass is 10.1. The molecule has 0 spiro atoms. The first kappa shape index (κ1) is 27.8. The fraction of sp³-hybridized carbons (Fsp3) is 0.0625. The molecule has 1 saturated heterocycles. The number of hydrogen-bond acceptors (Lipinski definition) is 6. The fourth-order valence-corrected chi connectivity index (χ4v) is 4.03. The van der Waals surface area contributed by atoms with Gasteiger partial charge in [-0.3, -0.25) is 19.7 Å². The van der Waals surface area contributed by atoms with Gasteiger partial charge in [-0.25, -0.2) is 14.1 Å². The van der Waals surface area contributed by atoms with Crippen molar-refractivity contribution in [1.29, 1.82) is 0 Å². The van der Waals surface area contributed by atoms with E-state index in [-0.39, 0.29) is 17.9 Å². The normalized spacial score (nSPS) is 14.0. The summed E-state index contributed by atoms with van der Waals surface area (Å²) in [6.45, 7) is 0.0730. The maximum absolute atomic E-state index is 13.2. The number of ether oxygens (including phenoxy) is 2. The van der Waals surface area contributed by atoms with Gasteiger partial charge >= 0.3 is 6.03 Å². The molecule has 2 N–H and O–H groups in total. The van der Waals surface area contributed by atoms with E-state index >= 15 is 0 Å². The zero-order chi connectivity index (χ0) is 29.5. The van der Waals surface area contributed by atoms with Gasteiger partial charge in [-0.15, -0.1) is 0 Å². The van der Waals surface area contributed by atoms with Crippen LogP contribution in [-0.2, 0) is 21.0 Å². The van der Waals surface area contributed by atoms with Crippen LogP contribution in [0.25, 0.3) is 6.08 Å². The zero-order valence-corrected chi connectivity index (χ0v) is 22.1. The van der Waals surface area contributed by atoms with Crippen LogP contribution in [0.4, 0.5) is 20.6 Å². The molecule has 10 heteroatoms. The van der Waals surface area contributed by atoms with E-state index in [0.717, 1.165) is 10.5 Å². The minimum Gasteiger partial charge on any atom is -0.489 e. The Kier molecular flexibility index (Phi) is 8.34. The molecule has 1 heterocycles. The Morgan fingerprint density at radius 1 is 0.810 bits per heavy atom. The molecule has 4 aromatic rings. The zero-order valence-electron chi connectivity index (χ0n) is 22.1. The molecule has 0 atom stereocenters. The maximum atomic E-state index is 13.2. The van der Waals surface area contributed by atoms with Gasteiger partial charge in [0.1, 0.15) is 29.5 Å². The number of urea groups is 1. The van der Waals surface area contributed by atoms with Crippen LogP contribution in [0.3, 0.4) is 0 Å². The molecule has 0 bridgehead atoms. The third-order valence-corrected chi connectivity index (χ3v) is 6.13. The summed E-state index contributed by atoms with van der Waals surface area (Å²) in [7, 11) is 0. The van der Waals surface area contributed by atoms with Crippen molar-refractivity contribution in [2.24, 2.45) is 0 Å². The summed E-state index contributed by atoms with van der Waals surface area (Å²) >= 11 is 0. The fourth-order valence-electron chi connectivity index (χ4n) is 4.03. The number of anilines is 2. The van der Waals surface area contributed by atoms with Crippen LogP contribution >= 0.6 is 0 Å². The summed E-state index contributed by atoms with van der Waals surface area (Å²) in [4.78, 5) is 51.3. The molecule has 1 fully saturated rings. The van der Waals surface area contributed by atoms with Gasteiger partial charge < -0.3 is 14.8 Å². The van der Waals surface area contributed by atoms with E-state index < -0.39 is 29.6 Å². The van der Waals surface area contributed by atoms with E-state index in [1.807, 2.05) is 30.3 Å². The van der Waals surface area contributed by atoms with Crippen LogP contribution in [0.2, 0.25) is 0 Å². The lowest BCUT2D eigenvalue weighted by Gasteiger charge is -2.26. The molecular formula is C32H24FN3O6. The minimum atomic E-state index is -0.859. The monoisotopic (exact) mass is 565 g/mol. The molecule has 4 aromatic carbocycles. The molecular weight excluding hydrogens is 541 g/mol. The number of benzene rings is 4. The van der Waals surface area contributed by atoms with E-state index in [1.165, 1.54) is 30.3 Å². The highest BCUT2D eigenvalue weighted by atomic mass is 19.1. The molecule has 9 nitrogen and oxygen atoms in total. The van der Waals surface area contributed by atoms with Crippen molar-refractivity contribution in [3.05, 3.63) is 126 Å². The van der Waals surface area contributed by atoms with E-state index in [2.05, 4.69) is 10.6 Å². The van der Waals surface area contributed by atoms with Gasteiger partial charge in [-0.2, -0.15) is 0 Å². The molecule has 42 heavy (non-hydrogen) atoms. The topological polar surface area (TPSA) is 114 Å². The lowest BCUT2D eigenvalue weighted by Crippen LogP contribution is -2.54. The van der Waals surface area contributed by atoms with Gasteiger partial charge in [0.15, 0.2) is 6.61 Å². The van der Waals surface area contributed by atoms with Gasteiger partial charge in [0.25, 0.3) is 17.7 Å². The van der Waals surface area contributed by atoms with Gasteiger partial charge in [0.05, 0.1) is 5.69 Å². The molecule has 1 aliphatic heterocycles. The molecule has 0 aliphatic carbocycles. The van der Waals surface area contributed by atoms with Gasteiger partial charge in [0.2, 0.25) is 0 Å². The number of amides is 5. The van der Waals surface area contributed by atoms with Crippen molar-refractivity contribution in [3.63, 3.8) is 0 Å². The number of carbonyl (C=O) groups excluding carboxylic acids is 4. The van der Waals surface area contributed by atoms with Crippen LogP contribution in [0.5, 0.6) is 11.5 Å². The third kappa shape index (κ3) is 6.86. The smallest absolute Gasteiger partial charge is 0.335 e. The van der Waals surface area contributed by atoms with Crippen molar-refractivity contribution >= 4 is 41.2 Å². The Morgan fingerprint density at radius 3 is 2.14 bits per heavy atom. The number of hydrogen-bond donors (Lipinski definition) is 2. The Bertz CT molecular complexity index is 1640. The summed E-state index contributed by atoms with van der Waals surface area (Å²) in [5.41, 5.74) is 1.96. The molecule has 0 aromatic heterocycles. The second-order valence-corrected chi connectivity index (χ2v) is 9.14. The summed E-state index contributed by atoms with van der Waals surface area (Å²) in [5, 5.41) is 4.79. The predicted molar refractivity (Wildman–Crippen MR) is 153 cm³/mol. The molecule has 0 saturated carbocycles. The highest BCUT2D eigenvalue weighted by Gasteiger charge is 2.36. The van der Waals surface area contributed by atoms with Crippen LogP contribution in [0, 0.1) is 5.82 Å². The van der Waals surface area contributed by atoms with E-state index in [9.17, 15) is 23.6 Å². The largest absolute Gasteiger partial charge is 0.489 e. The second-order valence-electron chi connectivity index (χ2n) is 9.14. The first-order chi connectivity index (χ1) is 20.4. The van der Waals surface area contributed by atoms with Gasteiger partial charge in [-0.1, -0.05) is 42.5 Å². The van der Waals surface area contributed by atoms with E-state index in [4.69, 9.17) is 9.47 Å². The number of carbonyl (C=O) groups is 4. The molecule has 1 aliphatic rings. The van der Waals surface area contributed by atoms with E-state index in [1.54, 1.807) is 48.5 Å². The average Bonchev–Trinajstić information content (AvgIpc) is 3.00. The predicted octanol–water partition coefficient (Wildman–Crippen LogP) is 5.09. The first-order valence-corrected chi connectivity index (χ1v) is 12.8. The van der Waals surface area contributed by atoms with Crippen LogP contribution < -0.4 is 25.0 Å². The maximum Gasteiger partial charge on any atom is 0.335 e. The summed E-state index contributed by atoms with van der Waals surface area (Å²) in [5.74, 6) is -1.52. The van der Waals surface area contributed by atoms with Crippen molar-refractivity contribution in [2.45, 2.75) is 6.61 Å². The number of halogens is 1. The summed E-state index contributed by atoms with van der Waals surface area (Å²) in [6, 6.07) is 26.8. The van der Waals surface area contributed by atoms with Gasteiger partial charge in [-0.05, 0) is 77.9 Å². The number of nitrogens with one attached hydrogen (secondary N) is 2. The Morgan fingerprint density at radius 2 is 1.45 bits per heavy atom. The highest BCUT2D eigenvalue weighted by Crippen LogP contribution is 2.25.